The summed E-state index contributed by atoms with van der Waals surface area (Å²) >= 11 is 0. The molecule has 5 nitrogen and oxygen atoms in total. The van der Waals surface area contributed by atoms with Gasteiger partial charge in [0.05, 0.1) is 6.61 Å². The monoisotopic (exact) mass is 755 g/mol. The number of esters is 2. The molecule has 0 amide bonds. The molecule has 0 aromatic rings. The Morgan fingerprint density at radius 2 is 0.833 bits per heavy atom. The van der Waals surface area contributed by atoms with E-state index >= 15 is 0 Å². The van der Waals surface area contributed by atoms with Crippen molar-refractivity contribution in [3.63, 3.8) is 0 Å². The molecule has 5 heteroatoms. The Hall–Kier alpha value is -2.40. The number of unbranched alkanes of at least 4 members (excludes halogenated alkanes) is 20. The first-order valence-electron chi connectivity index (χ1n) is 22.8. The maximum atomic E-state index is 12.5. The molecule has 1 atom stereocenters. The Balaban J connectivity index is 4.09. The van der Waals surface area contributed by atoms with Crippen molar-refractivity contribution < 1.29 is 23.8 Å². The summed E-state index contributed by atoms with van der Waals surface area (Å²) in [5.74, 6) is -0.426. The third-order valence-corrected chi connectivity index (χ3v) is 9.54. The van der Waals surface area contributed by atoms with Gasteiger partial charge in [-0.25, -0.2) is 0 Å². The SMILES string of the molecule is CC/C=C\C/C=C\C/C=C\CCCCCCCCOCC(COC(=O)CCCCCCCCC/C=C\C/C=C\CCCCC)OC(=O)CCCCCCC. The third kappa shape index (κ3) is 42.3. The van der Waals surface area contributed by atoms with Gasteiger partial charge in [0, 0.05) is 19.4 Å². The number of rotatable bonds is 41. The molecule has 54 heavy (non-hydrogen) atoms. The fourth-order valence-corrected chi connectivity index (χ4v) is 6.14. The van der Waals surface area contributed by atoms with E-state index in [-0.39, 0.29) is 25.2 Å². The lowest BCUT2D eigenvalue weighted by Gasteiger charge is -2.18. The topological polar surface area (TPSA) is 61.8 Å². The van der Waals surface area contributed by atoms with E-state index in [2.05, 4.69) is 81.5 Å². The van der Waals surface area contributed by atoms with Gasteiger partial charge < -0.3 is 14.2 Å². The maximum Gasteiger partial charge on any atom is 0.306 e. The highest BCUT2D eigenvalue weighted by Crippen LogP contribution is 2.13. The standard InChI is InChI=1S/C49H86O5/c1-4-7-10-13-15-17-19-21-23-25-26-28-30-32-34-37-39-42-48(50)53-46-47(54-49(51)43-40-36-12-9-6-3)45-52-44-41-38-35-33-31-29-27-24-22-20-18-16-14-11-8-5-2/h8,11,15-18,21-24,47H,4-7,9-10,12-14,19-20,25-46H2,1-3H3/b11-8-,17-15-,18-16-,23-21-,24-22-. The number of ether oxygens (including phenoxy) is 3. The highest BCUT2D eigenvalue weighted by Gasteiger charge is 2.17. The number of hydrogen-bond donors (Lipinski definition) is 0. The lowest BCUT2D eigenvalue weighted by molar-refractivity contribution is -0.163. The van der Waals surface area contributed by atoms with E-state index in [1.54, 1.807) is 0 Å². The molecule has 0 saturated carbocycles. The van der Waals surface area contributed by atoms with Crippen LogP contribution in [0.5, 0.6) is 0 Å². The molecule has 0 radical (unpaired) electrons. The molecule has 0 aliphatic carbocycles. The van der Waals surface area contributed by atoms with Crippen molar-refractivity contribution in [1.29, 1.82) is 0 Å². The highest BCUT2D eigenvalue weighted by atomic mass is 16.6. The fraction of sp³-hybridized carbons (Fsp3) is 0.755. The van der Waals surface area contributed by atoms with Crippen molar-refractivity contribution in [3.05, 3.63) is 60.8 Å². The third-order valence-electron chi connectivity index (χ3n) is 9.54. The van der Waals surface area contributed by atoms with Gasteiger partial charge in [-0.1, -0.05) is 178 Å². The van der Waals surface area contributed by atoms with Crippen LogP contribution in [0.4, 0.5) is 0 Å². The summed E-state index contributed by atoms with van der Waals surface area (Å²) in [6.07, 6.45) is 55.3. The first-order valence-corrected chi connectivity index (χ1v) is 22.8. The van der Waals surface area contributed by atoms with E-state index in [0.29, 0.717) is 19.4 Å². The quantitative estimate of drug-likeness (QED) is 0.0353. The van der Waals surface area contributed by atoms with Crippen LogP contribution in [0.15, 0.2) is 60.8 Å². The van der Waals surface area contributed by atoms with E-state index in [4.69, 9.17) is 14.2 Å². The van der Waals surface area contributed by atoms with Crippen LogP contribution in [0.2, 0.25) is 0 Å². The predicted molar refractivity (Wildman–Crippen MR) is 233 cm³/mol. The van der Waals surface area contributed by atoms with Crippen molar-refractivity contribution in [2.75, 3.05) is 19.8 Å². The second-order valence-corrected chi connectivity index (χ2v) is 14.9. The second kappa shape index (κ2) is 45.0. The van der Waals surface area contributed by atoms with Gasteiger partial charge in [-0.05, 0) is 83.5 Å². The minimum absolute atomic E-state index is 0.0745. The van der Waals surface area contributed by atoms with E-state index in [1.165, 1.54) is 96.3 Å². The molecular formula is C49H86O5. The number of carbonyl (C=O) groups is 2. The molecule has 312 valence electrons. The molecule has 0 aromatic carbocycles. The molecule has 0 aromatic heterocycles. The molecule has 0 aliphatic rings. The van der Waals surface area contributed by atoms with Gasteiger partial charge in [0.25, 0.3) is 0 Å². The second-order valence-electron chi connectivity index (χ2n) is 14.9. The van der Waals surface area contributed by atoms with E-state index < -0.39 is 6.10 Å². The molecular weight excluding hydrogens is 669 g/mol. The summed E-state index contributed by atoms with van der Waals surface area (Å²) in [5, 5.41) is 0. The van der Waals surface area contributed by atoms with Gasteiger partial charge in [0.1, 0.15) is 6.61 Å². The average molecular weight is 755 g/mol. The van der Waals surface area contributed by atoms with Crippen LogP contribution in [0.1, 0.15) is 213 Å². The molecule has 1 unspecified atom stereocenters. The molecule has 0 N–H and O–H groups in total. The van der Waals surface area contributed by atoms with Crippen LogP contribution in [0, 0.1) is 0 Å². The van der Waals surface area contributed by atoms with Crippen LogP contribution >= 0.6 is 0 Å². The van der Waals surface area contributed by atoms with Crippen LogP contribution < -0.4 is 0 Å². The number of hydrogen-bond acceptors (Lipinski definition) is 5. The zero-order valence-corrected chi connectivity index (χ0v) is 35.7. The van der Waals surface area contributed by atoms with Gasteiger partial charge >= 0.3 is 11.9 Å². The van der Waals surface area contributed by atoms with Crippen LogP contribution in [-0.2, 0) is 23.8 Å². The van der Waals surface area contributed by atoms with Gasteiger partial charge in [-0.2, -0.15) is 0 Å². The molecule has 0 rings (SSSR count). The van der Waals surface area contributed by atoms with E-state index in [0.717, 1.165) is 83.5 Å². The van der Waals surface area contributed by atoms with Crippen LogP contribution in [0.25, 0.3) is 0 Å². The summed E-state index contributed by atoms with van der Waals surface area (Å²) in [7, 11) is 0. The summed E-state index contributed by atoms with van der Waals surface area (Å²) < 4.78 is 17.2. The van der Waals surface area contributed by atoms with Crippen molar-refractivity contribution in [2.45, 2.75) is 219 Å². The molecule has 0 aliphatic heterocycles. The van der Waals surface area contributed by atoms with Crippen molar-refractivity contribution in [2.24, 2.45) is 0 Å². The van der Waals surface area contributed by atoms with Crippen LogP contribution in [-0.4, -0.2) is 37.9 Å². The lowest BCUT2D eigenvalue weighted by atomic mass is 10.1. The Bertz CT molecular complexity index is 946. The first kappa shape index (κ1) is 51.6. The molecule has 0 fully saturated rings. The van der Waals surface area contributed by atoms with Crippen molar-refractivity contribution in [3.8, 4) is 0 Å². The Morgan fingerprint density at radius 1 is 0.426 bits per heavy atom. The molecule has 0 heterocycles. The van der Waals surface area contributed by atoms with Crippen molar-refractivity contribution in [1.82, 2.24) is 0 Å². The normalized spacial score (nSPS) is 12.7. The smallest absolute Gasteiger partial charge is 0.306 e. The number of allylic oxidation sites excluding steroid dienone is 10. The number of carbonyl (C=O) groups excluding carboxylic acids is 2. The van der Waals surface area contributed by atoms with Crippen molar-refractivity contribution >= 4 is 11.9 Å². The van der Waals surface area contributed by atoms with Gasteiger partial charge in [0.15, 0.2) is 6.10 Å². The average Bonchev–Trinajstić information content (AvgIpc) is 3.17. The predicted octanol–water partition coefficient (Wildman–Crippen LogP) is 15.0. The van der Waals surface area contributed by atoms with Gasteiger partial charge in [-0.3, -0.25) is 9.59 Å². The summed E-state index contributed by atoms with van der Waals surface area (Å²) in [5.41, 5.74) is 0. The van der Waals surface area contributed by atoms with Gasteiger partial charge in [-0.15, -0.1) is 0 Å². The maximum absolute atomic E-state index is 12.5. The Kier molecular flexibility index (Phi) is 43.0. The molecule has 0 bridgehead atoms. The summed E-state index contributed by atoms with van der Waals surface area (Å²) in [6.45, 7) is 7.58. The largest absolute Gasteiger partial charge is 0.462 e. The Morgan fingerprint density at radius 3 is 1.37 bits per heavy atom. The summed E-state index contributed by atoms with van der Waals surface area (Å²) in [6, 6.07) is 0. The van der Waals surface area contributed by atoms with E-state index in [1.807, 2.05) is 0 Å². The highest BCUT2D eigenvalue weighted by molar-refractivity contribution is 5.70. The summed E-state index contributed by atoms with van der Waals surface area (Å²) in [4.78, 5) is 25.0. The van der Waals surface area contributed by atoms with E-state index in [9.17, 15) is 9.59 Å². The van der Waals surface area contributed by atoms with Gasteiger partial charge in [0.2, 0.25) is 0 Å². The first-order chi connectivity index (χ1) is 26.6. The molecule has 0 saturated heterocycles. The zero-order chi connectivity index (χ0) is 39.3. The van der Waals surface area contributed by atoms with Crippen LogP contribution in [0.3, 0.4) is 0 Å². The minimum atomic E-state index is -0.541. The minimum Gasteiger partial charge on any atom is -0.462 e. The lowest BCUT2D eigenvalue weighted by Crippen LogP contribution is -2.30. The molecule has 0 spiro atoms. The zero-order valence-electron chi connectivity index (χ0n) is 35.7. The fourth-order valence-electron chi connectivity index (χ4n) is 6.14. The Labute approximate surface area is 334 Å².